The molecule has 0 atom stereocenters. The van der Waals surface area contributed by atoms with Gasteiger partial charge in [-0.3, -0.25) is 0 Å². The zero-order chi connectivity index (χ0) is 28.7. The molecule has 1 aliphatic heterocycles. The molecule has 1 aliphatic rings. The number of aliphatic carboxylic acids is 2. The first-order valence-electron chi connectivity index (χ1n) is 13.2. The molecule has 8 bridgehead atoms. The minimum absolute atomic E-state index is 0. The second kappa shape index (κ2) is 12.9. The topological polar surface area (TPSA) is 140 Å². The van der Waals surface area contributed by atoms with E-state index < -0.39 is 11.9 Å². The van der Waals surface area contributed by atoms with E-state index in [9.17, 15) is 19.8 Å². The minimum Gasteiger partial charge on any atom is -1.00 e. The number of fused-ring (bicyclic) bond motifs is 8. The number of aryl methyl sites for hydroxylation is 1. The fourth-order valence-electron chi connectivity index (χ4n) is 5.42. The first-order chi connectivity index (χ1) is 19.0. The Kier molecular flexibility index (Phi) is 10.0. The van der Waals surface area contributed by atoms with Crippen LogP contribution >= 0.6 is 0 Å². The van der Waals surface area contributed by atoms with Crippen LogP contribution in [0.4, 0.5) is 0 Å². The Labute approximate surface area is 262 Å². The van der Waals surface area contributed by atoms with Crippen molar-refractivity contribution in [1.82, 2.24) is 19.9 Å². The second-order valence-electron chi connectivity index (χ2n) is 10.3. The zero-order valence-corrected chi connectivity index (χ0v) is 25.6. The number of hydrogen-bond donors (Lipinski definition) is 2. The molecule has 0 aromatic carbocycles. The molecule has 0 saturated carbocycles. The molecule has 42 heavy (non-hydrogen) atoms. The summed E-state index contributed by atoms with van der Waals surface area (Å²) in [6.07, 6.45) is 9.85. The van der Waals surface area contributed by atoms with Gasteiger partial charge in [0.2, 0.25) is 0 Å². The SMILES string of the molecule is C=Cc1c(C)/c2[nH]/c1=C\c1[nH]c(cc1C)/C=c1\[n-]/c(c(CCC(=O)[O-])c1C)=C\c1[n-]c(c(C)c1CCC(=O)[O-])\C=2.[Cl-].[Fe+3].[H+].[H+]. The minimum atomic E-state index is -1.14. The number of carbonyl (C=O) groups excluding carboxylic acids is 2. The standard InChI is InChI=1S/C32H32N4O4.ClH.Fe/c1-6-21-17(3)26-14-27-19(5)23(8-10-32(39)40)30(36-27)15-29-22(7-9-31(37)38)18(4)25(34-29)12-20-11-16(2)24(33-20)13-28(21)35-26;;/h6,11-15,33,35H,1,7-10H2,2-5H3,(H,37,38)(H,39,40);1H;/q-2;;+3/p-1/b20-12?,24-13?,25-12-,26-14-,27-14?,28-13-,29-15-,30-15?;;. The van der Waals surface area contributed by atoms with Crippen molar-refractivity contribution in [2.45, 2.75) is 53.4 Å². The smallest absolute Gasteiger partial charge is 1.00 e. The third-order valence-corrected chi connectivity index (χ3v) is 7.72. The Hall–Kier alpha value is -3.91. The molecule has 0 spiro atoms. The molecule has 0 saturated heterocycles. The maximum atomic E-state index is 11.4. The first-order valence-corrected chi connectivity index (χ1v) is 13.2. The Morgan fingerprint density at radius 3 is 2.14 bits per heavy atom. The summed E-state index contributed by atoms with van der Waals surface area (Å²) in [6.45, 7) is 11.9. The number of aromatic amines is 2. The molecule has 219 valence electrons. The molecular weight excluding hydrogens is 596 g/mol. The molecule has 5 rings (SSSR count). The van der Waals surface area contributed by atoms with Crippen molar-refractivity contribution in [2.24, 2.45) is 0 Å². The predicted molar refractivity (Wildman–Crippen MR) is 152 cm³/mol. The van der Waals surface area contributed by atoms with Gasteiger partial charge in [-0.15, -0.1) is 22.1 Å². The van der Waals surface area contributed by atoms with Gasteiger partial charge in [-0.05, 0) is 76.6 Å². The summed E-state index contributed by atoms with van der Waals surface area (Å²) in [6, 6.07) is 2.05. The van der Waals surface area contributed by atoms with Crippen molar-refractivity contribution < 1.29 is 52.1 Å². The third kappa shape index (κ3) is 6.28. The van der Waals surface area contributed by atoms with Crippen molar-refractivity contribution in [2.75, 3.05) is 0 Å². The van der Waals surface area contributed by atoms with E-state index in [0.717, 1.165) is 66.4 Å². The second-order valence-corrected chi connectivity index (χ2v) is 10.3. The molecule has 4 aromatic heterocycles. The average molecular weight is 628 g/mol. The zero-order valence-electron chi connectivity index (χ0n) is 25.8. The van der Waals surface area contributed by atoms with Crippen LogP contribution in [0.2, 0.25) is 0 Å². The molecule has 0 amide bonds. The quantitative estimate of drug-likeness (QED) is 0.179. The molecule has 0 aliphatic carbocycles. The summed E-state index contributed by atoms with van der Waals surface area (Å²) in [5.41, 5.74) is 9.52. The molecule has 10 heteroatoms. The van der Waals surface area contributed by atoms with Gasteiger partial charge in [-0.25, -0.2) is 0 Å². The van der Waals surface area contributed by atoms with Gasteiger partial charge in [0.1, 0.15) is 0 Å². The molecule has 0 fully saturated rings. The first kappa shape index (κ1) is 32.6. The van der Waals surface area contributed by atoms with Gasteiger partial charge in [0.25, 0.3) is 0 Å². The number of carboxylic acid groups (broad SMARTS) is 2. The van der Waals surface area contributed by atoms with Gasteiger partial charge in [0.05, 0.1) is 0 Å². The average Bonchev–Trinajstić information content (AvgIpc) is 3.56. The Bertz CT molecular complexity index is 1950. The Morgan fingerprint density at radius 2 is 1.50 bits per heavy atom. The Balaban J connectivity index is 0.00000242. The fourth-order valence-corrected chi connectivity index (χ4v) is 5.42. The summed E-state index contributed by atoms with van der Waals surface area (Å²) < 4.78 is 0. The number of carboxylic acids is 2. The number of rotatable bonds is 7. The molecule has 8 nitrogen and oxygen atoms in total. The number of halogens is 1. The number of carbonyl (C=O) groups is 2. The summed E-state index contributed by atoms with van der Waals surface area (Å²) in [4.78, 5) is 39.5. The van der Waals surface area contributed by atoms with Crippen LogP contribution in [0.3, 0.4) is 0 Å². The normalized spacial score (nSPS) is 14.9. The van der Waals surface area contributed by atoms with Crippen molar-refractivity contribution in [3.05, 3.63) is 95.8 Å². The van der Waals surface area contributed by atoms with E-state index in [-0.39, 0.29) is 58.0 Å². The summed E-state index contributed by atoms with van der Waals surface area (Å²) in [7, 11) is 0. The van der Waals surface area contributed by atoms with E-state index in [4.69, 9.17) is 9.97 Å². The molecular formula is C32H32ClFeN4O4. The van der Waals surface area contributed by atoms with E-state index in [1.165, 1.54) is 0 Å². The van der Waals surface area contributed by atoms with Crippen LogP contribution in [0, 0.1) is 27.7 Å². The molecule has 2 N–H and O–H groups in total. The number of nitrogens with zero attached hydrogens (tertiary/aromatic N) is 2. The predicted octanol–water partition coefficient (Wildman–Crippen LogP) is -3.65. The number of hydrogen-bond acceptors (Lipinski definition) is 4. The van der Waals surface area contributed by atoms with Gasteiger partial charge in [-0.2, -0.15) is 0 Å². The van der Waals surface area contributed by atoms with Crippen LogP contribution < -0.4 is 54.0 Å². The molecule has 1 radical (unpaired) electrons. The van der Waals surface area contributed by atoms with Gasteiger partial charge < -0.3 is 52.1 Å². The van der Waals surface area contributed by atoms with Crippen LogP contribution in [0.15, 0.2) is 12.6 Å². The van der Waals surface area contributed by atoms with E-state index in [0.29, 0.717) is 16.7 Å². The van der Waals surface area contributed by atoms with Crippen LogP contribution in [-0.4, -0.2) is 21.9 Å². The summed E-state index contributed by atoms with van der Waals surface area (Å²) in [5.74, 6) is -2.27. The van der Waals surface area contributed by atoms with Gasteiger partial charge in [-0.1, -0.05) is 53.1 Å². The van der Waals surface area contributed by atoms with Crippen LogP contribution in [0.5, 0.6) is 0 Å². The summed E-state index contributed by atoms with van der Waals surface area (Å²) in [5, 5.41) is 25.8. The third-order valence-electron chi connectivity index (χ3n) is 7.72. The maximum absolute atomic E-state index is 11.4. The van der Waals surface area contributed by atoms with Crippen molar-refractivity contribution >= 4 is 42.3 Å². The van der Waals surface area contributed by atoms with Gasteiger partial charge in [0.15, 0.2) is 0 Å². The van der Waals surface area contributed by atoms with Crippen molar-refractivity contribution in [3.8, 4) is 0 Å². The molecule has 5 heterocycles. The number of aromatic nitrogens is 4. The maximum Gasteiger partial charge on any atom is 3.00 e. The van der Waals surface area contributed by atoms with E-state index in [1.54, 1.807) is 0 Å². The number of H-pyrrole nitrogens is 2. The van der Waals surface area contributed by atoms with E-state index in [2.05, 4.69) is 22.6 Å². The van der Waals surface area contributed by atoms with Crippen LogP contribution in [0.25, 0.3) is 30.4 Å². The van der Waals surface area contributed by atoms with E-state index >= 15 is 0 Å². The van der Waals surface area contributed by atoms with Crippen LogP contribution in [-0.2, 0) is 39.5 Å². The fraction of sp³-hybridized carbons (Fsp3) is 0.250. The van der Waals surface area contributed by atoms with Crippen molar-refractivity contribution in [3.63, 3.8) is 0 Å². The van der Waals surface area contributed by atoms with Crippen molar-refractivity contribution in [1.29, 1.82) is 0 Å². The monoisotopic (exact) mass is 627 g/mol. The van der Waals surface area contributed by atoms with E-state index in [1.807, 2.05) is 58.1 Å². The molecule has 0 unspecified atom stereocenters. The number of nitrogens with one attached hydrogen (secondary N) is 2. The molecule has 4 aromatic rings. The van der Waals surface area contributed by atoms with Gasteiger partial charge >= 0.3 is 19.9 Å². The van der Waals surface area contributed by atoms with Gasteiger partial charge in [0, 0.05) is 39.6 Å². The Morgan fingerprint density at radius 1 is 0.833 bits per heavy atom. The summed E-state index contributed by atoms with van der Waals surface area (Å²) >= 11 is 0. The van der Waals surface area contributed by atoms with Crippen LogP contribution in [0.1, 0.15) is 77.4 Å². The largest absolute Gasteiger partial charge is 3.00 e.